The average molecular weight is 247 g/mol. The summed E-state index contributed by atoms with van der Waals surface area (Å²) in [5.41, 5.74) is 1.07. The Labute approximate surface area is 108 Å². The Morgan fingerprint density at radius 3 is 2.61 bits per heavy atom. The lowest BCUT2D eigenvalue weighted by atomic mass is 9.88. The Bertz CT molecular complexity index is 454. The van der Waals surface area contributed by atoms with Gasteiger partial charge in [0.2, 0.25) is 0 Å². The van der Waals surface area contributed by atoms with Gasteiger partial charge in [0.15, 0.2) is 0 Å². The van der Waals surface area contributed by atoms with Crippen molar-refractivity contribution in [3.05, 3.63) is 35.4 Å². The summed E-state index contributed by atoms with van der Waals surface area (Å²) < 4.78 is 0. The lowest BCUT2D eigenvalue weighted by Crippen LogP contribution is -2.51. The first-order valence-electron chi connectivity index (χ1n) is 6.57. The summed E-state index contributed by atoms with van der Waals surface area (Å²) in [4.78, 5) is 13.9. The first-order valence-corrected chi connectivity index (χ1v) is 6.57. The van der Waals surface area contributed by atoms with E-state index >= 15 is 0 Å². The third-order valence-electron chi connectivity index (χ3n) is 3.90. The van der Waals surface area contributed by atoms with Crippen molar-refractivity contribution in [2.45, 2.75) is 45.2 Å². The SMILES string of the molecule is CCN(C1CC1)C(C)(C(=O)O)c1cccc(C)c1. The Kier molecular flexibility index (Phi) is 3.44. The number of likely N-dealkylation sites (N-methyl/N-ethyl adjacent to an activating group) is 1. The molecule has 0 amide bonds. The monoisotopic (exact) mass is 247 g/mol. The molecular formula is C15H21NO2. The normalized spacial score (nSPS) is 18.7. The van der Waals surface area contributed by atoms with E-state index in [0.717, 1.165) is 30.5 Å². The summed E-state index contributed by atoms with van der Waals surface area (Å²) in [5.74, 6) is -0.762. The number of nitrogens with zero attached hydrogens (tertiary/aromatic N) is 1. The molecule has 2 rings (SSSR count). The largest absolute Gasteiger partial charge is 0.480 e. The highest BCUT2D eigenvalue weighted by molar-refractivity contribution is 5.80. The second kappa shape index (κ2) is 4.73. The molecule has 0 aromatic heterocycles. The lowest BCUT2D eigenvalue weighted by molar-refractivity contribution is -0.151. The zero-order valence-electron chi connectivity index (χ0n) is 11.3. The van der Waals surface area contributed by atoms with Crippen molar-refractivity contribution in [3.8, 4) is 0 Å². The van der Waals surface area contributed by atoms with Crippen molar-refractivity contribution >= 4 is 5.97 Å². The molecule has 1 saturated carbocycles. The highest BCUT2D eigenvalue weighted by Gasteiger charge is 2.46. The molecule has 1 N–H and O–H groups in total. The van der Waals surface area contributed by atoms with Gasteiger partial charge in [0.25, 0.3) is 0 Å². The minimum atomic E-state index is -0.915. The molecule has 0 radical (unpaired) electrons. The first-order chi connectivity index (χ1) is 8.50. The highest BCUT2D eigenvalue weighted by atomic mass is 16.4. The smallest absolute Gasteiger partial charge is 0.328 e. The molecule has 98 valence electrons. The maximum atomic E-state index is 11.8. The van der Waals surface area contributed by atoms with E-state index in [0.29, 0.717) is 6.04 Å². The van der Waals surface area contributed by atoms with E-state index in [2.05, 4.69) is 4.90 Å². The van der Waals surface area contributed by atoms with Gasteiger partial charge in [0.1, 0.15) is 5.54 Å². The van der Waals surface area contributed by atoms with Crippen LogP contribution in [0.25, 0.3) is 0 Å². The molecule has 0 bridgehead atoms. The Morgan fingerprint density at radius 2 is 2.17 bits per heavy atom. The number of carbonyl (C=O) groups is 1. The van der Waals surface area contributed by atoms with Crippen LogP contribution in [0.4, 0.5) is 0 Å². The number of rotatable bonds is 5. The summed E-state index contributed by atoms with van der Waals surface area (Å²) in [7, 11) is 0. The Balaban J connectivity index is 2.45. The van der Waals surface area contributed by atoms with E-state index in [1.165, 1.54) is 0 Å². The summed E-state index contributed by atoms with van der Waals surface area (Å²) in [5, 5.41) is 9.71. The second-order valence-corrected chi connectivity index (χ2v) is 5.26. The van der Waals surface area contributed by atoms with Crippen LogP contribution in [0.5, 0.6) is 0 Å². The minimum Gasteiger partial charge on any atom is -0.480 e. The number of hydrogen-bond donors (Lipinski definition) is 1. The van der Waals surface area contributed by atoms with Crippen LogP contribution >= 0.6 is 0 Å². The van der Waals surface area contributed by atoms with Crippen molar-refractivity contribution in [1.82, 2.24) is 4.90 Å². The predicted octanol–water partition coefficient (Wildman–Crippen LogP) is 2.78. The molecule has 1 aliphatic rings. The molecule has 1 aromatic carbocycles. The van der Waals surface area contributed by atoms with Crippen LogP contribution in [0.2, 0.25) is 0 Å². The average Bonchev–Trinajstić information content (AvgIpc) is 3.13. The molecule has 0 saturated heterocycles. The number of benzene rings is 1. The van der Waals surface area contributed by atoms with Gasteiger partial charge in [-0.25, -0.2) is 4.79 Å². The van der Waals surface area contributed by atoms with Crippen molar-refractivity contribution in [2.75, 3.05) is 6.54 Å². The molecule has 18 heavy (non-hydrogen) atoms. The molecule has 1 fully saturated rings. The van der Waals surface area contributed by atoms with Gasteiger partial charge in [-0.2, -0.15) is 0 Å². The molecule has 1 aromatic rings. The highest BCUT2D eigenvalue weighted by Crippen LogP contribution is 2.38. The van der Waals surface area contributed by atoms with Crippen LogP contribution in [-0.2, 0) is 10.3 Å². The summed E-state index contributed by atoms with van der Waals surface area (Å²) in [6, 6.07) is 8.27. The van der Waals surface area contributed by atoms with Gasteiger partial charge >= 0.3 is 5.97 Å². The predicted molar refractivity (Wildman–Crippen MR) is 71.6 cm³/mol. The molecule has 3 nitrogen and oxygen atoms in total. The quantitative estimate of drug-likeness (QED) is 0.869. The van der Waals surface area contributed by atoms with Crippen LogP contribution in [0.1, 0.15) is 37.8 Å². The van der Waals surface area contributed by atoms with Gasteiger partial charge in [-0.1, -0.05) is 36.8 Å². The molecule has 0 heterocycles. The van der Waals surface area contributed by atoms with Crippen LogP contribution in [-0.4, -0.2) is 28.6 Å². The van der Waals surface area contributed by atoms with Crippen molar-refractivity contribution in [3.63, 3.8) is 0 Å². The van der Waals surface area contributed by atoms with Gasteiger partial charge < -0.3 is 5.11 Å². The van der Waals surface area contributed by atoms with E-state index in [4.69, 9.17) is 0 Å². The van der Waals surface area contributed by atoms with Gasteiger partial charge in [0.05, 0.1) is 0 Å². The van der Waals surface area contributed by atoms with Gasteiger partial charge in [-0.05, 0) is 38.8 Å². The zero-order valence-corrected chi connectivity index (χ0v) is 11.3. The summed E-state index contributed by atoms with van der Waals surface area (Å²) in [6.07, 6.45) is 2.23. The fraction of sp³-hybridized carbons (Fsp3) is 0.533. The maximum absolute atomic E-state index is 11.8. The second-order valence-electron chi connectivity index (χ2n) is 5.26. The van der Waals surface area contributed by atoms with Crippen LogP contribution < -0.4 is 0 Å². The van der Waals surface area contributed by atoms with E-state index in [9.17, 15) is 9.90 Å². The van der Waals surface area contributed by atoms with Gasteiger partial charge in [0, 0.05) is 6.04 Å². The molecule has 1 unspecified atom stereocenters. The molecule has 3 heteroatoms. The summed E-state index contributed by atoms with van der Waals surface area (Å²) >= 11 is 0. The van der Waals surface area contributed by atoms with E-state index in [1.807, 2.05) is 45.0 Å². The van der Waals surface area contributed by atoms with Crippen LogP contribution in [0.15, 0.2) is 24.3 Å². The first kappa shape index (κ1) is 13.1. The maximum Gasteiger partial charge on any atom is 0.328 e. The molecule has 0 aliphatic heterocycles. The summed E-state index contributed by atoms with van der Waals surface area (Å²) in [6.45, 7) is 6.63. The third kappa shape index (κ3) is 2.15. The van der Waals surface area contributed by atoms with E-state index in [-0.39, 0.29) is 0 Å². The Hall–Kier alpha value is -1.35. The third-order valence-corrected chi connectivity index (χ3v) is 3.90. The fourth-order valence-electron chi connectivity index (χ4n) is 2.69. The molecule has 1 atom stereocenters. The van der Waals surface area contributed by atoms with Crippen LogP contribution in [0, 0.1) is 6.92 Å². The zero-order chi connectivity index (χ0) is 13.3. The van der Waals surface area contributed by atoms with Gasteiger partial charge in [-0.15, -0.1) is 0 Å². The molecular weight excluding hydrogens is 226 g/mol. The van der Waals surface area contributed by atoms with E-state index < -0.39 is 11.5 Å². The number of hydrogen-bond acceptors (Lipinski definition) is 2. The van der Waals surface area contributed by atoms with Gasteiger partial charge in [-0.3, -0.25) is 4.90 Å². The number of aryl methyl sites for hydroxylation is 1. The lowest BCUT2D eigenvalue weighted by Gasteiger charge is -2.38. The number of aliphatic carboxylic acids is 1. The fourth-order valence-corrected chi connectivity index (χ4v) is 2.69. The molecule has 0 spiro atoms. The van der Waals surface area contributed by atoms with Crippen molar-refractivity contribution in [1.29, 1.82) is 0 Å². The van der Waals surface area contributed by atoms with Crippen molar-refractivity contribution in [2.24, 2.45) is 0 Å². The Morgan fingerprint density at radius 1 is 1.50 bits per heavy atom. The topological polar surface area (TPSA) is 40.5 Å². The number of carboxylic acids is 1. The van der Waals surface area contributed by atoms with E-state index in [1.54, 1.807) is 0 Å². The molecule has 1 aliphatic carbocycles. The van der Waals surface area contributed by atoms with Crippen LogP contribution in [0.3, 0.4) is 0 Å². The number of carboxylic acid groups (broad SMARTS) is 1. The van der Waals surface area contributed by atoms with Crippen molar-refractivity contribution < 1.29 is 9.90 Å². The standard InChI is InChI=1S/C15H21NO2/c1-4-16(13-8-9-13)15(3,14(17)18)12-7-5-6-11(2)10-12/h5-7,10,13H,4,8-9H2,1-3H3,(H,17,18). The minimum absolute atomic E-state index is 0.427.